The van der Waals surface area contributed by atoms with E-state index in [4.69, 9.17) is 16.9 Å². The molecule has 0 bridgehead atoms. The number of benzene rings is 1. The van der Waals surface area contributed by atoms with Crippen LogP contribution in [0.2, 0.25) is 5.02 Å². The highest BCUT2D eigenvalue weighted by atomic mass is 35.5. The molecule has 0 aliphatic carbocycles. The Morgan fingerprint density at radius 1 is 1.47 bits per heavy atom. The summed E-state index contributed by atoms with van der Waals surface area (Å²) in [6.07, 6.45) is 0. The normalized spacial score (nSPS) is 10.0. The lowest BCUT2D eigenvalue weighted by Crippen LogP contribution is -2.33. The zero-order valence-electron chi connectivity index (χ0n) is 9.61. The third kappa shape index (κ3) is 4.85. The number of amides is 1. The minimum absolute atomic E-state index is 0.135. The standard InChI is InChI=1S/C12H14ClN3O/c1-2-16(8-7-14)9-12(17)15-11-5-3-10(13)4-6-11/h3-6H,2,8-9H2,1H3,(H,15,17). The van der Waals surface area contributed by atoms with Gasteiger partial charge in [-0.2, -0.15) is 5.26 Å². The first kappa shape index (κ1) is 13.5. The van der Waals surface area contributed by atoms with Crippen molar-refractivity contribution < 1.29 is 4.79 Å². The Labute approximate surface area is 106 Å². The summed E-state index contributed by atoms with van der Waals surface area (Å²) in [5.74, 6) is -0.135. The topological polar surface area (TPSA) is 56.1 Å². The number of carbonyl (C=O) groups is 1. The molecule has 0 radical (unpaired) electrons. The highest BCUT2D eigenvalue weighted by molar-refractivity contribution is 6.30. The molecule has 0 aromatic heterocycles. The van der Waals surface area contributed by atoms with E-state index in [0.29, 0.717) is 17.3 Å². The van der Waals surface area contributed by atoms with Crippen LogP contribution in [-0.4, -0.2) is 30.4 Å². The van der Waals surface area contributed by atoms with Crippen LogP contribution in [0.3, 0.4) is 0 Å². The number of carbonyl (C=O) groups excluding carboxylic acids is 1. The molecule has 0 saturated heterocycles. The Morgan fingerprint density at radius 2 is 2.12 bits per heavy atom. The zero-order chi connectivity index (χ0) is 12.7. The van der Waals surface area contributed by atoms with Gasteiger partial charge in [-0.15, -0.1) is 0 Å². The number of nitrogens with one attached hydrogen (secondary N) is 1. The molecule has 17 heavy (non-hydrogen) atoms. The van der Waals surface area contributed by atoms with Crippen molar-refractivity contribution in [3.63, 3.8) is 0 Å². The molecule has 1 N–H and O–H groups in total. The van der Waals surface area contributed by atoms with E-state index in [1.165, 1.54) is 0 Å². The maximum atomic E-state index is 11.6. The van der Waals surface area contributed by atoms with E-state index in [1.807, 2.05) is 13.0 Å². The first-order chi connectivity index (χ1) is 8.15. The summed E-state index contributed by atoms with van der Waals surface area (Å²) >= 11 is 5.74. The highest BCUT2D eigenvalue weighted by Crippen LogP contribution is 2.13. The first-order valence-electron chi connectivity index (χ1n) is 5.30. The Kier molecular flexibility index (Phi) is 5.47. The van der Waals surface area contributed by atoms with E-state index in [2.05, 4.69) is 5.32 Å². The van der Waals surface area contributed by atoms with Gasteiger partial charge in [0.1, 0.15) is 0 Å². The number of anilines is 1. The summed E-state index contributed by atoms with van der Waals surface area (Å²) in [5.41, 5.74) is 0.701. The summed E-state index contributed by atoms with van der Waals surface area (Å²) in [6.45, 7) is 3.05. The lowest BCUT2D eigenvalue weighted by atomic mass is 10.3. The molecule has 0 unspecified atom stereocenters. The van der Waals surface area contributed by atoms with Crippen LogP contribution < -0.4 is 5.32 Å². The molecular formula is C12H14ClN3O. The van der Waals surface area contributed by atoms with Gasteiger partial charge in [0, 0.05) is 10.7 Å². The molecule has 0 aliphatic rings. The highest BCUT2D eigenvalue weighted by Gasteiger charge is 2.08. The third-order valence-electron chi connectivity index (χ3n) is 2.24. The molecule has 90 valence electrons. The van der Waals surface area contributed by atoms with Crippen molar-refractivity contribution in [3.8, 4) is 6.07 Å². The minimum Gasteiger partial charge on any atom is -0.325 e. The lowest BCUT2D eigenvalue weighted by Gasteiger charge is -2.15. The van der Waals surface area contributed by atoms with Gasteiger partial charge in [-0.1, -0.05) is 18.5 Å². The first-order valence-corrected chi connectivity index (χ1v) is 5.68. The average molecular weight is 252 g/mol. The van der Waals surface area contributed by atoms with Crippen molar-refractivity contribution in [3.05, 3.63) is 29.3 Å². The van der Waals surface area contributed by atoms with Crippen molar-refractivity contribution in [1.82, 2.24) is 4.90 Å². The number of likely N-dealkylation sites (N-methyl/N-ethyl adjacent to an activating group) is 1. The summed E-state index contributed by atoms with van der Waals surface area (Å²) in [5, 5.41) is 11.9. The predicted molar refractivity (Wildman–Crippen MR) is 67.8 cm³/mol. The van der Waals surface area contributed by atoms with Crippen LogP contribution >= 0.6 is 11.6 Å². The second-order valence-electron chi connectivity index (χ2n) is 3.52. The number of halogens is 1. The number of hydrogen-bond donors (Lipinski definition) is 1. The molecule has 0 fully saturated rings. The molecule has 0 aliphatic heterocycles. The Hall–Kier alpha value is -1.57. The molecule has 1 amide bonds. The Bertz CT molecular complexity index is 411. The van der Waals surface area contributed by atoms with E-state index in [0.717, 1.165) is 0 Å². The average Bonchev–Trinajstić information content (AvgIpc) is 2.31. The molecule has 1 aromatic rings. The Morgan fingerprint density at radius 3 is 2.65 bits per heavy atom. The van der Waals surface area contributed by atoms with Gasteiger partial charge >= 0.3 is 0 Å². The van der Waals surface area contributed by atoms with Gasteiger partial charge in [0.15, 0.2) is 0 Å². The number of nitrogens with zero attached hydrogens (tertiary/aromatic N) is 2. The van der Waals surface area contributed by atoms with Crippen LogP contribution in [-0.2, 0) is 4.79 Å². The molecule has 0 heterocycles. The van der Waals surface area contributed by atoms with Crippen molar-refractivity contribution in [1.29, 1.82) is 5.26 Å². The van der Waals surface area contributed by atoms with Crippen molar-refractivity contribution in [2.24, 2.45) is 0 Å². The third-order valence-corrected chi connectivity index (χ3v) is 2.49. The minimum atomic E-state index is -0.135. The van der Waals surface area contributed by atoms with E-state index < -0.39 is 0 Å². The monoisotopic (exact) mass is 251 g/mol. The molecule has 4 nitrogen and oxygen atoms in total. The molecule has 1 rings (SSSR count). The van der Waals surface area contributed by atoms with E-state index in [-0.39, 0.29) is 19.0 Å². The van der Waals surface area contributed by atoms with Crippen LogP contribution in [0, 0.1) is 11.3 Å². The predicted octanol–water partition coefficient (Wildman–Crippen LogP) is 2.12. The van der Waals surface area contributed by atoms with Gasteiger partial charge in [0.2, 0.25) is 5.91 Å². The maximum absolute atomic E-state index is 11.6. The lowest BCUT2D eigenvalue weighted by molar-refractivity contribution is -0.117. The largest absolute Gasteiger partial charge is 0.325 e. The Balaban J connectivity index is 2.49. The summed E-state index contributed by atoms with van der Waals surface area (Å²) in [6, 6.07) is 8.92. The summed E-state index contributed by atoms with van der Waals surface area (Å²) < 4.78 is 0. The molecule has 0 atom stereocenters. The fraction of sp³-hybridized carbons (Fsp3) is 0.333. The second kappa shape index (κ2) is 6.89. The fourth-order valence-corrected chi connectivity index (χ4v) is 1.44. The van der Waals surface area contributed by atoms with Crippen LogP contribution in [0.5, 0.6) is 0 Å². The SMILES string of the molecule is CCN(CC#N)CC(=O)Nc1ccc(Cl)cc1. The van der Waals surface area contributed by atoms with Crippen molar-refractivity contribution in [2.45, 2.75) is 6.92 Å². The fourth-order valence-electron chi connectivity index (χ4n) is 1.32. The smallest absolute Gasteiger partial charge is 0.238 e. The number of nitriles is 1. The molecule has 1 aromatic carbocycles. The van der Waals surface area contributed by atoms with E-state index in [1.54, 1.807) is 29.2 Å². The molecular weight excluding hydrogens is 238 g/mol. The van der Waals surface area contributed by atoms with Gasteiger partial charge < -0.3 is 5.32 Å². The summed E-state index contributed by atoms with van der Waals surface area (Å²) in [4.78, 5) is 13.4. The van der Waals surface area contributed by atoms with Crippen LogP contribution in [0.4, 0.5) is 5.69 Å². The van der Waals surface area contributed by atoms with Gasteiger partial charge in [0.05, 0.1) is 19.2 Å². The summed E-state index contributed by atoms with van der Waals surface area (Å²) in [7, 11) is 0. The van der Waals surface area contributed by atoms with E-state index >= 15 is 0 Å². The van der Waals surface area contributed by atoms with Crippen LogP contribution in [0.1, 0.15) is 6.92 Å². The van der Waals surface area contributed by atoms with Gasteiger partial charge in [0.25, 0.3) is 0 Å². The van der Waals surface area contributed by atoms with Crippen LogP contribution in [0.25, 0.3) is 0 Å². The van der Waals surface area contributed by atoms with Crippen molar-refractivity contribution >= 4 is 23.2 Å². The molecule has 0 spiro atoms. The zero-order valence-corrected chi connectivity index (χ0v) is 10.4. The van der Waals surface area contributed by atoms with E-state index in [9.17, 15) is 4.79 Å². The van der Waals surface area contributed by atoms with Gasteiger partial charge in [-0.05, 0) is 30.8 Å². The molecule has 5 heteroatoms. The van der Waals surface area contributed by atoms with Crippen molar-refractivity contribution in [2.75, 3.05) is 25.0 Å². The number of hydrogen-bond acceptors (Lipinski definition) is 3. The molecule has 0 saturated carbocycles. The van der Waals surface area contributed by atoms with Gasteiger partial charge in [-0.25, -0.2) is 0 Å². The van der Waals surface area contributed by atoms with Crippen LogP contribution in [0.15, 0.2) is 24.3 Å². The number of rotatable bonds is 5. The maximum Gasteiger partial charge on any atom is 0.238 e. The second-order valence-corrected chi connectivity index (χ2v) is 3.95. The quantitative estimate of drug-likeness (QED) is 0.816. The van der Waals surface area contributed by atoms with Gasteiger partial charge in [-0.3, -0.25) is 9.69 Å².